The fourth-order valence-corrected chi connectivity index (χ4v) is 2.68. The first-order chi connectivity index (χ1) is 8.66. The van der Waals surface area contributed by atoms with Crippen molar-refractivity contribution in [3.63, 3.8) is 0 Å². The van der Waals surface area contributed by atoms with Crippen molar-refractivity contribution in [2.24, 2.45) is 0 Å². The molecule has 92 valence electrons. The van der Waals surface area contributed by atoms with Crippen LogP contribution in [-0.2, 0) is 13.1 Å². The molecule has 0 bridgehead atoms. The fourth-order valence-electron chi connectivity index (χ4n) is 2.40. The molecule has 0 saturated carbocycles. The number of nitrogens with zero attached hydrogens (tertiary/aromatic N) is 1. The van der Waals surface area contributed by atoms with Gasteiger partial charge in [0.15, 0.2) is 0 Å². The van der Waals surface area contributed by atoms with Gasteiger partial charge in [0, 0.05) is 18.8 Å². The van der Waals surface area contributed by atoms with Crippen LogP contribution in [0.25, 0.3) is 0 Å². The average Bonchev–Trinajstić information content (AvgIpc) is 2.74. The molecular formula is C14H12ClFN2. The molecule has 2 nitrogen and oxygen atoms in total. The van der Waals surface area contributed by atoms with Crippen molar-refractivity contribution in [3.8, 4) is 0 Å². The third-order valence-corrected chi connectivity index (χ3v) is 3.58. The molecule has 2 aromatic rings. The highest BCUT2D eigenvalue weighted by Crippen LogP contribution is 2.36. The Balaban J connectivity index is 2.02. The first kappa shape index (κ1) is 11.4. The van der Waals surface area contributed by atoms with E-state index >= 15 is 0 Å². The Labute approximate surface area is 110 Å². The Kier molecular flexibility index (Phi) is 2.63. The number of fused-ring (bicyclic) bond motifs is 1. The summed E-state index contributed by atoms with van der Waals surface area (Å²) in [5.41, 5.74) is 9.34. The van der Waals surface area contributed by atoms with E-state index in [1.807, 2.05) is 23.1 Å². The first-order valence-corrected chi connectivity index (χ1v) is 6.10. The maximum Gasteiger partial charge on any atom is 0.148 e. The average molecular weight is 263 g/mol. The third kappa shape index (κ3) is 1.71. The van der Waals surface area contributed by atoms with Gasteiger partial charge in [-0.3, -0.25) is 0 Å². The molecule has 0 spiro atoms. The number of hydrogen-bond acceptors (Lipinski definition) is 2. The lowest BCUT2D eigenvalue weighted by Crippen LogP contribution is -2.16. The minimum Gasteiger partial charge on any atom is -0.398 e. The van der Waals surface area contributed by atoms with Gasteiger partial charge < -0.3 is 10.6 Å². The molecule has 0 fully saturated rings. The van der Waals surface area contributed by atoms with Crippen molar-refractivity contribution in [1.29, 1.82) is 0 Å². The van der Waals surface area contributed by atoms with Gasteiger partial charge in [0.05, 0.1) is 10.7 Å². The normalized spacial score (nSPS) is 13.8. The summed E-state index contributed by atoms with van der Waals surface area (Å²) >= 11 is 6.08. The summed E-state index contributed by atoms with van der Waals surface area (Å²) in [7, 11) is 0. The van der Waals surface area contributed by atoms with Gasteiger partial charge in [0.25, 0.3) is 0 Å². The monoisotopic (exact) mass is 262 g/mol. The predicted molar refractivity (Wildman–Crippen MR) is 72.2 cm³/mol. The maximum absolute atomic E-state index is 13.9. The number of benzene rings is 2. The van der Waals surface area contributed by atoms with Crippen molar-refractivity contribution >= 4 is 23.0 Å². The van der Waals surface area contributed by atoms with Crippen molar-refractivity contribution < 1.29 is 4.39 Å². The zero-order chi connectivity index (χ0) is 12.7. The molecule has 0 radical (unpaired) electrons. The summed E-state index contributed by atoms with van der Waals surface area (Å²) in [5, 5.41) is 0.432. The fraction of sp³-hybridized carbons (Fsp3) is 0.143. The molecular weight excluding hydrogens is 251 g/mol. The zero-order valence-corrected chi connectivity index (χ0v) is 10.4. The van der Waals surface area contributed by atoms with E-state index in [9.17, 15) is 4.39 Å². The smallest absolute Gasteiger partial charge is 0.148 e. The van der Waals surface area contributed by atoms with E-state index in [1.54, 1.807) is 12.1 Å². The van der Waals surface area contributed by atoms with Gasteiger partial charge in [0.2, 0.25) is 0 Å². The molecule has 0 saturated heterocycles. The molecule has 1 heterocycles. The van der Waals surface area contributed by atoms with E-state index in [1.165, 1.54) is 6.07 Å². The number of halogens is 2. The van der Waals surface area contributed by atoms with Gasteiger partial charge in [-0.05, 0) is 29.3 Å². The predicted octanol–water partition coefficient (Wildman–Crippen LogP) is 3.58. The number of rotatable bonds is 1. The van der Waals surface area contributed by atoms with Crippen LogP contribution in [0.1, 0.15) is 11.1 Å². The molecule has 0 aliphatic carbocycles. The van der Waals surface area contributed by atoms with Crippen LogP contribution in [0, 0.1) is 5.82 Å². The molecule has 18 heavy (non-hydrogen) atoms. The van der Waals surface area contributed by atoms with Crippen LogP contribution < -0.4 is 10.6 Å². The van der Waals surface area contributed by atoms with Crippen LogP contribution in [0.15, 0.2) is 36.4 Å². The van der Waals surface area contributed by atoms with Crippen molar-refractivity contribution in [3.05, 3.63) is 58.4 Å². The minimum atomic E-state index is -0.297. The second-order valence-electron chi connectivity index (χ2n) is 4.41. The van der Waals surface area contributed by atoms with E-state index < -0.39 is 0 Å². The molecule has 0 unspecified atom stereocenters. The Morgan fingerprint density at radius 1 is 1.11 bits per heavy atom. The summed E-state index contributed by atoms with van der Waals surface area (Å²) in [6.07, 6.45) is 0. The van der Waals surface area contributed by atoms with Crippen LogP contribution in [0.5, 0.6) is 0 Å². The van der Waals surface area contributed by atoms with Gasteiger partial charge in [-0.15, -0.1) is 0 Å². The summed E-state index contributed by atoms with van der Waals surface area (Å²) in [5.74, 6) is -0.297. The van der Waals surface area contributed by atoms with Gasteiger partial charge in [-0.1, -0.05) is 29.8 Å². The minimum absolute atomic E-state index is 0.297. The molecule has 1 aliphatic rings. The summed E-state index contributed by atoms with van der Waals surface area (Å²) in [6, 6.07) is 10.5. The zero-order valence-electron chi connectivity index (χ0n) is 9.66. The molecule has 2 aromatic carbocycles. The van der Waals surface area contributed by atoms with Crippen molar-refractivity contribution in [1.82, 2.24) is 0 Å². The quantitative estimate of drug-likeness (QED) is 0.796. The Morgan fingerprint density at radius 2 is 1.89 bits per heavy atom. The van der Waals surface area contributed by atoms with Gasteiger partial charge in [-0.2, -0.15) is 0 Å². The highest BCUT2D eigenvalue weighted by atomic mass is 35.5. The maximum atomic E-state index is 13.9. The summed E-state index contributed by atoms with van der Waals surface area (Å²) in [4.78, 5) is 1.92. The third-order valence-electron chi connectivity index (χ3n) is 3.27. The lowest BCUT2D eigenvalue weighted by molar-refractivity contribution is 0.619. The second-order valence-corrected chi connectivity index (χ2v) is 4.82. The summed E-state index contributed by atoms with van der Waals surface area (Å²) in [6.45, 7) is 1.24. The van der Waals surface area contributed by atoms with Crippen LogP contribution in [0.2, 0.25) is 5.02 Å². The molecule has 2 N–H and O–H groups in total. The largest absolute Gasteiger partial charge is 0.398 e. The summed E-state index contributed by atoms with van der Waals surface area (Å²) < 4.78 is 13.9. The lowest BCUT2D eigenvalue weighted by atomic mass is 10.1. The van der Waals surface area contributed by atoms with E-state index in [4.69, 9.17) is 17.3 Å². The van der Waals surface area contributed by atoms with Crippen LogP contribution >= 0.6 is 11.6 Å². The standard InChI is InChI=1S/C14H12ClFN2/c15-11-4-2-5-12(16)14(11)18-7-9-3-1-6-13(17)10(9)8-18/h1-6H,7-8,17H2. The second kappa shape index (κ2) is 4.18. The van der Waals surface area contributed by atoms with E-state index in [-0.39, 0.29) is 5.82 Å². The first-order valence-electron chi connectivity index (χ1n) is 5.72. The van der Waals surface area contributed by atoms with Gasteiger partial charge in [-0.25, -0.2) is 4.39 Å². The van der Waals surface area contributed by atoms with Crippen molar-refractivity contribution in [2.75, 3.05) is 10.6 Å². The lowest BCUT2D eigenvalue weighted by Gasteiger charge is -2.19. The Morgan fingerprint density at radius 3 is 2.61 bits per heavy atom. The molecule has 1 aliphatic heterocycles. The van der Waals surface area contributed by atoms with E-state index in [0.717, 1.165) is 16.8 Å². The molecule has 3 rings (SSSR count). The van der Waals surface area contributed by atoms with Crippen LogP contribution in [-0.4, -0.2) is 0 Å². The Bertz CT molecular complexity index is 592. The molecule has 4 heteroatoms. The number of nitrogen functional groups attached to an aromatic ring is 1. The SMILES string of the molecule is Nc1cccc2c1CN(c1c(F)cccc1Cl)C2. The topological polar surface area (TPSA) is 29.3 Å². The van der Waals surface area contributed by atoms with Gasteiger partial charge >= 0.3 is 0 Å². The molecule has 0 aromatic heterocycles. The van der Waals surface area contributed by atoms with Gasteiger partial charge in [0.1, 0.15) is 5.82 Å². The highest BCUT2D eigenvalue weighted by molar-refractivity contribution is 6.33. The molecule has 0 atom stereocenters. The van der Waals surface area contributed by atoms with E-state index in [0.29, 0.717) is 23.8 Å². The van der Waals surface area contributed by atoms with E-state index in [2.05, 4.69) is 0 Å². The van der Waals surface area contributed by atoms with Crippen LogP contribution in [0.3, 0.4) is 0 Å². The number of nitrogens with two attached hydrogens (primary N) is 1. The van der Waals surface area contributed by atoms with Crippen LogP contribution in [0.4, 0.5) is 15.8 Å². The highest BCUT2D eigenvalue weighted by Gasteiger charge is 2.24. The Hall–Kier alpha value is -1.74. The number of para-hydroxylation sites is 1. The number of hydrogen-bond donors (Lipinski definition) is 1. The van der Waals surface area contributed by atoms with Crippen molar-refractivity contribution in [2.45, 2.75) is 13.1 Å². The number of anilines is 2. The molecule has 0 amide bonds.